The predicted molar refractivity (Wildman–Crippen MR) is 57.2 cm³/mol. The summed E-state index contributed by atoms with van der Waals surface area (Å²) in [5, 5.41) is 12.9. The van der Waals surface area contributed by atoms with E-state index in [1.807, 2.05) is 0 Å². The Morgan fingerprint density at radius 2 is 2.25 bits per heavy atom. The summed E-state index contributed by atoms with van der Waals surface area (Å²) in [4.78, 5) is 21.1. The molecular formula is C10H14N2O4. The normalized spacial score (nSPS) is 10.1. The van der Waals surface area contributed by atoms with Gasteiger partial charge in [0.05, 0.1) is 6.07 Å². The molecule has 6 nitrogen and oxygen atoms in total. The van der Waals surface area contributed by atoms with Crippen molar-refractivity contribution >= 4 is 11.8 Å². The Morgan fingerprint density at radius 3 is 2.81 bits per heavy atom. The number of amides is 1. The molecular weight excluding hydrogens is 212 g/mol. The Labute approximate surface area is 92.8 Å². The summed E-state index contributed by atoms with van der Waals surface area (Å²) in [5.74, 6) is -0.855. The molecule has 0 radical (unpaired) electrons. The van der Waals surface area contributed by atoms with E-state index in [0.717, 1.165) is 19.3 Å². The van der Waals surface area contributed by atoms with E-state index in [9.17, 15) is 14.9 Å². The van der Waals surface area contributed by atoms with Gasteiger partial charge < -0.3 is 9.73 Å². The zero-order valence-corrected chi connectivity index (χ0v) is 9.06. The average Bonchev–Trinajstić information content (AvgIpc) is 2.73. The zero-order chi connectivity index (χ0) is 12.0. The second-order valence-electron chi connectivity index (χ2n) is 3.36. The molecule has 0 atom stereocenters. The number of furan rings is 1. The highest BCUT2D eigenvalue weighted by atomic mass is 16.6. The van der Waals surface area contributed by atoms with Crippen LogP contribution in [0.4, 0.5) is 5.88 Å². The van der Waals surface area contributed by atoms with Crippen molar-refractivity contribution in [2.24, 2.45) is 0 Å². The summed E-state index contributed by atoms with van der Waals surface area (Å²) >= 11 is 0. The lowest BCUT2D eigenvalue weighted by atomic mass is 10.2. The molecule has 1 aromatic heterocycles. The molecule has 0 fully saturated rings. The highest BCUT2D eigenvalue weighted by molar-refractivity contribution is 5.91. The number of nitrogens with one attached hydrogen (secondary N) is 1. The van der Waals surface area contributed by atoms with Crippen molar-refractivity contribution in [3.8, 4) is 0 Å². The predicted octanol–water partition coefficient (Wildman–Crippen LogP) is 2.11. The van der Waals surface area contributed by atoms with Gasteiger partial charge in [0.2, 0.25) is 0 Å². The van der Waals surface area contributed by atoms with Gasteiger partial charge in [-0.1, -0.05) is 19.8 Å². The average molecular weight is 226 g/mol. The second-order valence-corrected chi connectivity index (χ2v) is 3.36. The van der Waals surface area contributed by atoms with Crippen LogP contribution in [0.2, 0.25) is 0 Å². The van der Waals surface area contributed by atoms with Crippen LogP contribution in [0.25, 0.3) is 0 Å². The summed E-state index contributed by atoms with van der Waals surface area (Å²) < 4.78 is 4.75. The molecule has 1 amide bonds. The van der Waals surface area contributed by atoms with Gasteiger partial charge in [0.1, 0.15) is 4.92 Å². The van der Waals surface area contributed by atoms with Gasteiger partial charge in [0.15, 0.2) is 5.76 Å². The molecule has 0 saturated heterocycles. The van der Waals surface area contributed by atoms with Crippen molar-refractivity contribution in [3.05, 3.63) is 28.0 Å². The van der Waals surface area contributed by atoms with Crippen LogP contribution in [0.3, 0.4) is 0 Å². The summed E-state index contributed by atoms with van der Waals surface area (Å²) in [6.45, 7) is 2.62. The molecule has 0 aliphatic rings. The Balaban J connectivity index is 2.43. The number of unbranched alkanes of at least 4 members (excludes halogenated alkanes) is 2. The van der Waals surface area contributed by atoms with E-state index in [-0.39, 0.29) is 5.76 Å². The summed E-state index contributed by atoms with van der Waals surface area (Å²) in [5.41, 5.74) is 0. The summed E-state index contributed by atoms with van der Waals surface area (Å²) in [6.07, 6.45) is 3.01. The van der Waals surface area contributed by atoms with Gasteiger partial charge in [-0.3, -0.25) is 14.9 Å². The highest BCUT2D eigenvalue weighted by Crippen LogP contribution is 2.15. The summed E-state index contributed by atoms with van der Waals surface area (Å²) in [7, 11) is 0. The fourth-order valence-corrected chi connectivity index (χ4v) is 1.21. The molecule has 1 N–H and O–H groups in total. The molecule has 88 valence electrons. The molecule has 0 aromatic carbocycles. The van der Waals surface area contributed by atoms with E-state index in [0.29, 0.717) is 6.54 Å². The molecule has 1 aromatic rings. The third-order valence-electron chi connectivity index (χ3n) is 2.06. The monoisotopic (exact) mass is 226 g/mol. The van der Waals surface area contributed by atoms with Gasteiger partial charge in [0, 0.05) is 6.54 Å². The first-order chi connectivity index (χ1) is 7.65. The van der Waals surface area contributed by atoms with Crippen LogP contribution < -0.4 is 5.32 Å². The Hall–Kier alpha value is -1.85. The molecule has 0 saturated carbocycles. The largest absolute Gasteiger partial charge is 0.433 e. The van der Waals surface area contributed by atoms with Crippen molar-refractivity contribution in [3.63, 3.8) is 0 Å². The minimum Gasteiger partial charge on any atom is -0.395 e. The minimum absolute atomic E-state index is 0.0248. The molecule has 0 aliphatic carbocycles. The van der Waals surface area contributed by atoms with E-state index in [2.05, 4.69) is 12.2 Å². The quantitative estimate of drug-likeness (QED) is 0.457. The van der Waals surface area contributed by atoms with Crippen LogP contribution in [0.5, 0.6) is 0 Å². The molecule has 1 heterocycles. The van der Waals surface area contributed by atoms with Gasteiger partial charge >= 0.3 is 5.88 Å². The van der Waals surface area contributed by atoms with Crippen molar-refractivity contribution < 1.29 is 14.1 Å². The van der Waals surface area contributed by atoms with Gasteiger partial charge in [-0.15, -0.1) is 0 Å². The van der Waals surface area contributed by atoms with Gasteiger partial charge in [-0.05, 0) is 12.5 Å². The fourth-order valence-electron chi connectivity index (χ4n) is 1.21. The smallest absolute Gasteiger partial charge is 0.395 e. The van der Waals surface area contributed by atoms with Crippen molar-refractivity contribution in [2.75, 3.05) is 6.54 Å². The third-order valence-corrected chi connectivity index (χ3v) is 2.06. The van der Waals surface area contributed by atoms with Gasteiger partial charge in [-0.25, -0.2) is 0 Å². The topological polar surface area (TPSA) is 85.4 Å². The number of carbonyl (C=O) groups excluding carboxylic acids is 1. The van der Waals surface area contributed by atoms with Gasteiger partial charge in [0.25, 0.3) is 5.91 Å². The molecule has 0 aliphatic heterocycles. The van der Waals surface area contributed by atoms with Crippen LogP contribution in [-0.4, -0.2) is 17.4 Å². The molecule has 16 heavy (non-hydrogen) atoms. The fraction of sp³-hybridized carbons (Fsp3) is 0.500. The maximum absolute atomic E-state index is 11.4. The lowest BCUT2D eigenvalue weighted by molar-refractivity contribution is -0.402. The number of hydrogen-bond donors (Lipinski definition) is 1. The number of nitrogens with zero attached hydrogens (tertiary/aromatic N) is 1. The first kappa shape index (κ1) is 12.2. The van der Waals surface area contributed by atoms with E-state index >= 15 is 0 Å². The number of rotatable bonds is 6. The van der Waals surface area contributed by atoms with Crippen LogP contribution >= 0.6 is 0 Å². The van der Waals surface area contributed by atoms with Crippen LogP contribution in [0, 0.1) is 10.1 Å². The first-order valence-corrected chi connectivity index (χ1v) is 5.17. The van der Waals surface area contributed by atoms with Crippen molar-refractivity contribution in [2.45, 2.75) is 26.2 Å². The highest BCUT2D eigenvalue weighted by Gasteiger charge is 2.16. The maximum Gasteiger partial charge on any atom is 0.433 e. The maximum atomic E-state index is 11.4. The van der Waals surface area contributed by atoms with Crippen LogP contribution in [0.1, 0.15) is 36.7 Å². The number of nitro groups is 1. The molecule has 0 bridgehead atoms. The number of hydrogen-bond acceptors (Lipinski definition) is 4. The van der Waals surface area contributed by atoms with Crippen LogP contribution in [-0.2, 0) is 0 Å². The van der Waals surface area contributed by atoms with E-state index in [1.54, 1.807) is 0 Å². The molecule has 0 spiro atoms. The van der Waals surface area contributed by atoms with Crippen molar-refractivity contribution in [1.29, 1.82) is 0 Å². The van der Waals surface area contributed by atoms with Crippen molar-refractivity contribution in [1.82, 2.24) is 5.32 Å². The first-order valence-electron chi connectivity index (χ1n) is 5.17. The van der Waals surface area contributed by atoms with E-state index < -0.39 is 16.7 Å². The third kappa shape index (κ3) is 3.38. The van der Waals surface area contributed by atoms with E-state index in [1.165, 1.54) is 12.1 Å². The standard InChI is InChI=1S/C10H14N2O4/c1-2-3-4-7-11-10(13)8-5-6-9(16-8)12(14)15/h5-6H,2-4,7H2,1H3,(H,11,13). The number of carbonyl (C=O) groups is 1. The van der Waals surface area contributed by atoms with Crippen LogP contribution in [0.15, 0.2) is 16.5 Å². The second kappa shape index (κ2) is 5.89. The minimum atomic E-state index is -0.673. The SMILES string of the molecule is CCCCCNC(=O)c1ccc([N+](=O)[O-])o1. The molecule has 1 rings (SSSR count). The molecule has 0 unspecified atom stereocenters. The lowest BCUT2D eigenvalue weighted by Gasteiger charge is -2.00. The van der Waals surface area contributed by atoms with E-state index in [4.69, 9.17) is 4.42 Å². The lowest BCUT2D eigenvalue weighted by Crippen LogP contribution is -2.23. The Kier molecular flexibility index (Phi) is 4.50. The van der Waals surface area contributed by atoms with Gasteiger partial charge in [-0.2, -0.15) is 0 Å². The zero-order valence-electron chi connectivity index (χ0n) is 9.06. The molecule has 6 heteroatoms. The Morgan fingerprint density at radius 1 is 1.50 bits per heavy atom. The Bertz CT molecular complexity index is 373. The summed E-state index contributed by atoms with van der Waals surface area (Å²) in [6, 6.07) is 2.47.